The maximum atomic E-state index is 8.43. The Morgan fingerprint density at radius 1 is 1.75 bits per heavy atom. The topological polar surface area (TPSA) is 62.7 Å². The molecule has 1 aromatic heterocycles. The highest BCUT2D eigenvalue weighted by Gasteiger charge is 2.08. The summed E-state index contributed by atoms with van der Waals surface area (Å²) in [5.74, 6) is 0. The summed E-state index contributed by atoms with van der Waals surface area (Å²) >= 11 is 0. The van der Waals surface area contributed by atoms with Crippen molar-refractivity contribution in [3.05, 3.63) is 29.6 Å². The van der Waals surface area contributed by atoms with Crippen LogP contribution in [0, 0.1) is 18.3 Å². The van der Waals surface area contributed by atoms with Crippen LogP contribution in [0.1, 0.15) is 23.7 Å². The van der Waals surface area contributed by atoms with Gasteiger partial charge in [0, 0.05) is 6.20 Å². The molecule has 1 heterocycles. The number of nitrogens with zero attached hydrogens (tertiary/aromatic N) is 2. The molecule has 0 saturated carbocycles. The highest BCUT2D eigenvalue weighted by atomic mass is 14.8. The standard InChI is InChI=1S/C9H11N3/c1-7-3-2-6-12-9(7)8(11)4-5-10/h2-3,6,8H,4,11H2,1H3. The van der Waals surface area contributed by atoms with E-state index in [0.29, 0.717) is 6.42 Å². The Morgan fingerprint density at radius 3 is 3.08 bits per heavy atom. The summed E-state index contributed by atoms with van der Waals surface area (Å²) < 4.78 is 0. The molecule has 0 aliphatic heterocycles. The van der Waals surface area contributed by atoms with Gasteiger partial charge in [-0.15, -0.1) is 0 Å². The molecular formula is C9H11N3. The lowest BCUT2D eigenvalue weighted by Crippen LogP contribution is -2.12. The molecule has 1 rings (SSSR count). The predicted molar refractivity (Wildman–Crippen MR) is 46.1 cm³/mol. The van der Waals surface area contributed by atoms with Gasteiger partial charge >= 0.3 is 0 Å². The molecule has 0 aliphatic rings. The molecule has 0 aliphatic carbocycles. The van der Waals surface area contributed by atoms with Crippen LogP contribution in [0.2, 0.25) is 0 Å². The zero-order valence-corrected chi connectivity index (χ0v) is 6.99. The third-order valence-electron chi connectivity index (χ3n) is 1.71. The molecule has 3 nitrogen and oxygen atoms in total. The second-order valence-electron chi connectivity index (χ2n) is 2.67. The van der Waals surface area contributed by atoms with Crippen LogP contribution in [0.15, 0.2) is 18.3 Å². The first-order valence-corrected chi connectivity index (χ1v) is 3.79. The maximum absolute atomic E-state index is 8.43. The molecule has 0 aromatic carbocycles. The van der Waals surface area contributed by atoms with Crippen molar-refractivity contribution in [3.8, 4) is 6.07 Å². The van der Waals surface area contributed by atoms with E-state index in [0.717, 1.165) is 11.3 Å². The second kappa shape index (κ2) is 3.84. The molecule has 2 N–H and O–H groups in total. The number of rotatable bonds is 2. The van der Waals surface area contributed by atoms with Crippen LogP contribution in [-0.4, -0.2) is 4.98 Å². The molecule has 1 aromatic rings. The zero-order valence-electron chi connectivity index (χ0n) is 6.99. The lowest BCUT2D eigenvalue weighted by atomic mass is 10.1. The molecule has 62 valence electrons. The van der Waals surface area contributed by atoms with E-state index in [1.165, 1.54) is 0 Å². The molecule has 12 heavy (non-hydrogen) atoms. The lowest BCUT2D eigenvalue weighted by Gasteiger charge is -2.08. The third kappa shape index (κ3) is 1.80. The molecule has 0 amide bonds. The molecule has 3 heteroatoms. The number of hydrogen-bond donors (Lipinski definition) is 1. The van der Waals surface area contributed by atoms with E-state index in [2.05, 4.69) is 4.98 Å². The Morgan fingerprint density at radius 2 is 2.50 bits per heavy atom. The van der Waals surface area contributed by atoms with Gasteiger partial charge in [-0.3, -0.25) is 4.98 Å². The fourth-order valence-corrected chi connectivity index (χ4v) is 1.08. The van der Waals surface area contributed by atoms with E-state index in [1.54, 1.807) is 6.20 Å². The first kappa shape index (κ1) is 8.69. The zero-order chi connectivity index (χ0) is 8.97. The minimum absolute atomic E-state index is 0.254. The average molecular weight is 161 g/mol. The normalized spacial score (nSPS) is 12.1. The minimum atomic E-state index is -0.254. The average Bonchev–Trinajstić information content (AvgIpc) is 2.05. The van der Waals surface area contributed by atoms with Crippen molar-refractivity contribution in [3.63, 3.8) is 0 Å². The predicted octanol–water partition coefficient (Wildman–Crippen LogP) is 1.30. The minimum Gasteiger partial charge on any atom is -0.322 e. The summed E-state index contributed by atoms with van der Waals surface area (Å²) in [6, 6.07) is 5.58. The van der Waals surface area contributed by atoms with Crippen LogP contribution in [-0.2, 0) is 0 Å². The number of pyridine rings is 1. The Balaban J connectivity index is 2.88. The van der Waals surface area contributed by atoms with Crippen LogP contribution in [0.3, 0.4) is 0 Å². The van der Waals surface area contributed by atoms with E-state index in [-0.39, 0.29) is 6.04 Å². The van der Waals surface area contributed by atoms with Gasteiger partial charge in [-0.2, -0.15) is 5.26 Å². The van der Waals surface area contributed by atoms with Crippen LogP contribution < -0.4 is 5.73 Å². The van der Waals surface area contributed by atoms with Crippen LogP contribution in [0.25, 0.3) is 0 Å². The first-order chi connectivity index (χ1) is 5.75. The monoisotopic (exact) mass is 161 g/mol. The maximum Gasteiger partial charge on any atom is 0.0642 e. The SMILES string of the molecule is Cc1cccnc1C(N)CC#N. The highest BCUT2D eigenvalue weighted by Crippen LogP contribution is 2.13. The fourth-order valence-electron chi connectivity index (χ4n) is 1.08. The van der Waals surface area contributed by atoms with E-state index in [4.69, 9.17) is 11.0 Å². The summed E-state index contributed by atoms with van der Waals surface area (Å²) in [5.41, 5.74) is 7.58. The fraction of sp³-hybridized carbons (Fsp3) is 0.333. The number of nitriles is 1. The van der Waals surface area contributed by atoms with Gasteiger partial charge in [0.1, 0.15) is 0 Å². The quantitative estimate of drug-likeness (QED) is 0.711. The molecular weight excluding hydrogens is 150 g/mol. The van der Waals surface area contributed by atoms with E-state index < -0.39 is 0 Å². The Labute approximate surface area is 71.8 Å². The number of nitrogens with two attached hydrogens (primary N) is 1. The summed E-state index contributed by atoms with van der Waals surface area (Å²) in [7, 11) is 0. The molecule has 0 bridgehead atoms. The molecule has 0 saturated heterocycles. The van der Waals surface area contributed by atoms with Gasteiger partial charge in [0.2, 0.25) is 0 Å². The van der Waals surface area contributed by atoms with Gasteiger partial charge in [0.05, 0.1) is 24.2 Å². The Bertz CT molecular complexity index is 301. The number of aromatic nitrogens is 1. The van der Waals surface area contributed by atoms with Gasteiger partial charge in [-0.05, 0) is 18.6 Å². The molecule has 1 atom stereocenters. The van der Waals surface area contributed by atoms with E-state index in [9.17, 15) is 0 Å². The van der Waals surface area contributed by atoms with Crippen LogP contribution in [0.5, 0.6) is 0 Å². The van der Waals surface area contributed by atoms with Crippen molar-refractivity contribution < 1.29 is 0 Å². The van der Waals surface area contributed by atoms with E-state index >= 15 is 0 Å². The molecule has 0 spiro atoms. The summed E-state index contributed by atoms with van der Waals surface area (Å²) in [4.78, 5) is 4.12. The molecule has 0 fully saturated rings. The van der Waals surface area contributed by atoms with Gasteiger partial charge < -0.3 is 5.73 Å². The number of aryl methyl sites for hydroxylation is 1. The highest BCUT2D eigenvalue weighted by molar-refractivity contribution is 5.21. The summed E-state index contributed by atoms with van der Waals surface area (Å²) in [6.45, 7) is 1.94. The van der Waals surface area contributed by atoms with Crippen molar-refractivity contribution in [2.75, 3.05) is 0 Å². The Hall–Kier alpha value is -1.40. The van der Waals surface area contributed by atoms with Gasteiger partial charge in [-0.25, -0.2) is 0 Å². The first-order valence-electron chi connectivity index (χ1n) is 3.79. The van der Waals surface area contributed by atoms with Crippen molar-refractivity contribution in [2.45, 2.75) is 19.4 Å². The van der Waals surface area contributed by atoms with Crippen molar-refractivity contribution in [1.82, 2.24) is 4.98 Å². The summed E-state index contributed by atoms with van der Waals surface area (Å²) in [5, 5.41) is 8.43. The van der Waals surface area contributed by atoms with Gasteiger partial charge in [-0.1, -0.05) is 6.07 Å². The van der Waals surface area contributed by atoms with Crippen LogP contribution in [0.4, 0.5) is 0 Å². The third-order valence-corrected chi connectivity index (χ3v) is 1.71. The number of hydrogen-bond acceptors (Lipinski definition) is 3. The van der Waals surface area contributed by atoms with Gasteiger partial charge in [0.25, 0.3) is 0 Å². The molecule has 0 radical (unpaired) electrons. The molecule has 1 unspecified atom stereocenters. The summed E-state index contributed by atoms with van der Waals surface area (Å²) in [6.07, 6.45) is 2.01. The van der Waals surface area contributed by atoms with E-state index in [1.807, 2.05) is 25.1 Å². The van der Waals surface area contributed by atoms with Crippen molar-refractivity contribution >= 4 is 0 Å². The van der Waals surface area contributed by atoms with Gasteiger partial charge in [0.15, 0.2) is 0 Å². The van der Waals surface area contributed by atoms with Crippen LogP contribution >= 0.6 is 0 Å². The largest absolute Gasteiger partial charge is 0.322 e. The lowest BCUT2D eigenvalue weighted by molar-refractivity contribution is 0.713. The Kier molecular flexibility index (Phi) is 2.78. The second-order valence-corrected chi connectivity index (χ2v) is 2.67. The smallest absolute Gasteiger partial charge is 0.0642 e. The van der Waals surface area contributed by atoms with Crippen molar-refractivity contribution in [2.24, 2.45) is 5.73 Å². The van der Waals surface area contributed by atoms with Crippen molar-refractivity contribution in [1.29, 1.82) is 5.26 Å².